The molecule has 4 heteroatoms. The molecule has 1 heterocycles. The minimum atomic E-state index is 0.226. The van der Waals surface area contributed by atoms with E-state index < -0.39 is 0 Å². The third-order valence-electron chi connectivity index (χ3n) is 3.72. The number of anilines is 1. The number of aryl methyl sites for hydroxylation is 1. The summed E-state index contributed by atoms with van der Waals surface area (Å²) in [5.74, 6) is 0.226. The van der Waals surface area contributed by atoms with Gasteiger partial charge in [0.15, 0.2) is 0 Å². The Labute approximate surface area is 137 Å². The molecule has 0 bridgehead atoms. The van der Waals surface area contributed by atoms with Crippen molar-refractivity contribution < 1.29 is 4.79 Å². The highest BCUT2D eigenvalue weighted by atomic mass is 32.1. The highest BCUT2D eigenvalue weighted by Gasteiger charge is 2.13. The Bertz CT molecular complexity index is 608. The fraction of sp³-hybridized carbons (Fsp3) is 0.444. The highest BCUT2D eigenvalue weighted by Crippen LogP contribution is 2.23. The molecule has 0 unspecified atom stereocenters. The van der Waals surface area contributed by atoms with E-state index in [-0.39, 0.29) is 5.78 Å². The van der Waals surface area contributed by atoms with Crippen LogP contribution in [0.3, 0.4) is 0 Å². The zero-order valence-corrected chi connectivity index (χ0v) is 14.4. The first-order chi connectivity index (χ1) is 10.6. The lowest BCUT2D eigenvalue weighted by Gasteiger charge is -2.23. The monoisotopic (exact) mass is 316 g/mol. The number of carbonyl (C=O) groups excluding carboxylic acids is 1. The lowest BCUT2D eigenvalue weighted by atomic mass is 10.0. The molecule has 0 aliphatic heterocycles. The topological polar surface area (TPSA) is 33.2 Å². The Morgan fingerprint density at radius 3 is 2.82 bits per heavy atom. The maximum Gasteiger partial charge on any atom is 0.144 e. The number of thiazole rings is 1. The fourth-order valence-electron chi connectivity index (χ4n) is 2.48. The number of rotatable bonds is 8. The van der Waals surface area contributed by atoms with E-state index >= 15 is 0 Å². The Kier molecular flexibility index (Phi) is 6.13. The lowest BCUT2D eigenvalue weighted by molar-refractivity contribution is -0.117. The molecule has 0 aliphatic carbocycles. The van der Waals surface area contributed by atoms with E-state index in [1.807, 2.05) is 5.38 Å². The van der Waals surface area contributed by atoms with Crippen molar-refractivity contribution >= 4 is 22.8 Å². The number of hydrogen-bond donors (Lipinski definition) is 0. The number of ketones is 1. The van der Waals surface area contributed by atoms with Gasteiger partial charge in [0, 0.05) is 37.3 Å². The normalized spacial score (nSPS) is 10.7. The summed E-state index contributed by atoms with van der Waals surface area (Å²) < 4.78 is 0. The second-order valence-corrected chi connectivity index (χ2v) is 6.70. The van der Waals surface area contributed by atoms with Crippen LogP contribution >= 0.6 is 11.3 Å². The summed E-state index contributed by atoms with van der Waals surface area (Å²) in [5.41, 5.74) is 3.53. The molecule has 118 valence electrons. The third-order valence-corrected chi connectivity index (χ3v) is 4.50. The average Bonchev–Trinajstić information content (AvgIpc) is 2.99. The summed E-state index contributed by atoms with van der Waals surface area (Å²) in [7, 11) is 2.11. The van der Waals surface area contributed by atoms with E-state index in [0.29, 0.717) is 12.8 Å². The first kappa shape index (κ1) is 16.7. The molecule has 0 saturated carbocycles. The molecule has 1 aromatic heterocycles. The quantitative estimate of drug-likeness (QED) is 0.737. The molecule has 0 atom stereocenters. The average molecular weight is 316 g/mol. The van der Waals surface area contributed by atoms with Crippen molar-refractivity contribution in [3.05, 3.63) is 45.9 Å². The van der Waals surface area contributed by atoms with Crippen LogP contribution in [0.5, 0.6) is 0 Å². The molecule has 2 aromatic rings. The van der Waals surface area contributed by atoms with Gasteiger partial charge in [0.25, 0.3) is 0 Å². The predicted molar refractivity (Wildman–Crippen MR) is 93.9 cm³/mol. The predicted octanol–water partition coefficient (Wildman–Crippen LogP) is 4.04. The van der Waals surface area contributed by atoms with Crippen LogP contribution in [0, 0.1) is 6.92 Å². The van der Waals surface area contributed by atoms with Gasteiger partial charge in [-0.25, -0.2) is 4.98 Å². The van der Waals surface area contributed by atoms with Crippen molar-refractivity contribution in [2.45, 2.75) is 39.5 Å². The van der Waals surface area contributed by atoms with E-state index in [1.165, 1.54) is 17.7 Å². The van der Waals surface area contributed by atoms with E-state index in [2.05, 4.69) is 49.0 Å². The summed E-state index contributed by atoms with van der Waals surface area (Å²) in [6.07, 6.45) is 5.00. The molecule has 2 rings (SSSR count). The van der Waals surface area contributed by atoms with Crippen molar-refractivity contribution in [1.29, 1.82) is 0 Å². The SMILES string of the molecule is CCCCN(C)c1cc(C)ccc1CC(=O)Cc1nccs1. The highest BCUT2D eigenvalue weighted by molar-refractivity contribution is 7.09. The minimum Gasteiger partial charge on any atom is -0.374 e. The van der Waals surface area contributed by atoms with E-state index in [4.69, 9.17) is 0 Å². The first-order valence-electron chi connectivity index (χ1n) is 7.81. The molecule has 3 nitrogen and oxygen atoms in total. The molecule has 0 N–H and O–H groups in total. The van der Waals surface area contributed by atoms with Crippen molar-refractivity contribution in [3.63, 3.8) is 0 Å². The summed E-state index contributed by atoms with van der Waals surface area (Å²) in [6, 6.07) is 6.36. The van der Waals surface area contributed by atoms with Gasteiger partial charge in [-0.1, -0.05) is 25.5 Å². The summed E-state index contributed by atoms with van der Waals surface area (Å²) in [4.78, 5) is 18.8. The summed E-state index contributed by atoms with van der Waals surface area (Å²) in [5, 5.41) is 2.82. The molecule has 0 saturated heterocycles. The number of Topliss-reactive ketones (excluding diaryl/α,β-unsaturated/α-hetero) is 1. The van der Waals surface area contributed by atoms with Gasteiger partial charge >= 0.3 is 0 Å². The van der Waals surface area contributed by atoms with E-state index in [0.717, 1.165) is 23.5 Å². The number of unbranched alkanes of at least 4 members (excludes halogenated alkanes) is 1. The van der Waals surface area contributed by atoms with Crippen LogP contribution in [0.15, 0.2) is 29.8 Å². The van der Waals surface area contributed by atoms with Gasteiger partial charge < -0.3 is 4.90 Å². The van der Waals surface area contributed by atoms with Gasteiger partial charge in [-0.05, 0) is 30.5 Å². The van der Waals surface area contributed by atoms with Crippen molar-refractivity contribution in [3.8, 4) is 0 Å². The van der Waals surface area contributed by atoms with Crippen molar-refractivity contribution in [1.82, 2.24) is 4.98 Å². The Morgan fingerprint density at radius 1 is 1.32 bits per heavy atom. The molecule has 0 amide bonds. The molecule has 22 heavy (non-hydrogen) atoms. The van der Waals surface area contributed by atoms with Crippen LogP contribution in [0.1, 0.15) is 35.9 Å². The van der Waals surface area contributed by atoms with Gasteiger partial charge in [0.2, 0.25) is 0 Å². The van der Waals surface area contributed by atoms with E-state index in [9.17, 15) is 4.79 Å². The maximum absolute atomic E-state index is 12.3. The number of aromatic nitrogens is 1. The zero-order valence-electron chi connectivity index (χ0n) is 13.6. The first-order valence-corrected chi connectivity index (χ1v) is 8.69. The fourth-order valence-corrected chi connectivity index (χ4v) is 3.12. The third kappa shape index (κ3) is 4.67. The minimum absolute atomic E-state index is 0.226. The molecule has 0 spiro atoms. The Balaban J connectivity index is 2.10. The zero-order chi connectivity index (χ0) is 15.9. The van der Waals surface area contributed by atoms with Crippen LogP contribution in [-0.4, -0.2) is 24.4 Å². The smallest absolute Gasteiger partial charge is 0.144 e. The molecule has 1 aromatic carbocycles. The standard InChI is InChI=1S/C18H24N2OS/c1-4-5-9-20(3)17-11-14(2)6-7-15(17)12-16(21)13-18-19-8-10-22-18/h6-8,10-11H,4-5,9,12-13H2,1-3H3. The number of benzene rings is 1. The molecule has 0 radical (unpaired) electrons. The van der Waals surface area contributed by atoms with Crippen LogP contribution in [0.25, 0.3) is 0 Å². The molecule has 0 aliphatic rings. The summed E-state index contributed by atoms with van der Waals surface area (Å²) in [6.45, 7) is 5.31. The second-order valence-electron chi connectivity index (χ2n) is 5.73. The molecular weight excluding hydrogens is 292 g/mol. The van der Waals surface area contributed by atoms with Crippen LogP contribution < -0.4 is 4.90 Å². The second kappa shape index (κ2) is 8.08. The van der Waals surface area contributed by atoms with Crippen molar-refractivity contribution in [2.75, 3.05) is 18.5 Å². The van der Waals surface area contributed by atoms with Crippen LogP contribution in [0.2, 0.25) is 0 Å². The van der Waals surface area contributed by atoms with Crippen molar-refractivity contribution in [2.24, 2.45) is 0 Å². The van der Waals surface area contributed by atoms with Gasteiger partial charge in [-0.3, -0.25) is 4.79 Å². The summed E-state index contributed by atoms with van der Waals surface area (Å²) >= 11 is 1.54. The maximum atomic E-state index is 12.3. The number of hydrogen-bond acceptors (Lipinski definition) is 4. The molecule has 0 fully saturated rings. The Morgan fingerprint density at radius 2 is 2.14 bits per heavy atom. The van der Waals surface area contributed by atoms with Gasteiger partial charge in [-0.2, -0.15) is 0 Å². The van der Waals surface area contributed by atoms with Gasteiger partial charge in [0.05, 0.1) is 11.4 Å². The Hall–Kier alpha value is -1.68. The van der Waals surface area contributed by atoms with Crippen LogP contribution in [-0.2, 0) is 17.6 Å². The van der Waals surface area contributed by atoms with Gasteiger partial charge in [0.1, 0.15) is 5.78 Å². The lowest BCUT2D eigenvalue weighted by Crippen LogP contribution is -2.21. The van der Waals surface area contributed by atoms with Crippen LogP contribution in [0.4, 0.5) is 5.69 Å². The molecular formula is C18H24N2OS. The largest absolute Gasteiger partial charge is 0.374 e. The van der Waals surface area contributed by atoms with E-state index in [1.54, 1.807) is 17.5 Å². The number of carbonyl (C=O) groups is 1. The number of nitrogens with zero attached hydrogens (tertiary/aromatic N) is 2. The van der Waals surface area contributed by atoms with Gasteiger partial charge in [-0.15, -0.1) is 11.3 Å².